The smallest absolute Gasteiger partial charge is 0.0974 e. The van der Waals surface area contributed by atoms with Crippen LogP contribution in [0.2, 0.25) is 0 Å². The van der Waals surface area contributed by atoms with Crippen LogP contribution in [-0.2, 0) is 9.47 Å². The molecule has 2 heteroatoms. The zero-order chi connectivity index (χ0) is 12.1. The van der Waals surface area contributed by atoms with Crippen molar-refractivity contribution in [1.82, 2.24) is 0 Å². The fraction of sp³-hybridized carbons (Fsp3) is 0.867. The highest BCUT2D eigenvalue weighted by molar-refractivity contribution is 5.03. The van der Waals surface area contributed by atoms with Gasteiger partial charge in [-0.2, -0.15) is 0 Å². The summed E-state index contributed by atoms with van der Waals surface area (Å²) in [5, 5.41) is 0. The number of allylic oxidation sites excluding steroid dienone is 1. The fourth-order valence-corrected chi connectivity index (χ4v) is 2.77. The van der Waals surface area contributed by atoms with Crippen LogP contribution in [0.4, 0.5) is 0 Å². The van der Waals surface area contributed by atoms with E-state index in [0.29, 0.717) is 12.0 Å². The van der Waals surface area contributed by atoms with Crippen LogP contribution in [0.15, 0.2) is 11.8 Å². The van der Waals surface area contributed by atoms with E-state index in [1.807, 2.05) is 0 Å². The summed E-state index contributed by atoms with van der Waals surface area (Å²) in [5.41, 5.74) is 0. The van der Waals surface area contributed by atoms with Crippen molar-refractivity contribution in [3.8, 4) is 0 Å². The molecule has 2 nitrogen and oxygen atoms in total. The highest BCUT2D eigenvalue weighted by Gasteiger charge is 2.27. The Morgan fingerprint density at radius 2 is 2.12 bits per heavy atom. The quantitative estimate of drug-likeness (QED) is 0.739. The van der Waals surface area contributed by atoms with Crippen molar-refractivity contribution in [2.24, 2.45) is 11.8 Å². The summed E-state index contributed by atoms with van der Waals surface area (Å²) in [6, 6.07) is 0. The second kappa shape index (κ2) is 6.44. The molecular formula is C15H26O2. The maximum atomic E-state index is 5.92. The number of rotatable bonds is 4. The van der Waals surface area contributed by atoms with Crippen LogP contribution in [0.3, 0.4) is 0 Å². The molecule has 1 fully saturated rings. The number of hydrogen-bond donors (Lipinski definition) is 0. The minimum absolute atomic E-state index is 0.504. The Kier molecular flexibility index (Phi) is 4.90. The third kappa shape index (κ3) is 3.48. The lowest BCUT2D eigenvalue weighted by atomic mass is 9.91. The third-order valence-corrected chi connectivity index (χ3v) is 4.10. The minimum Gasteiger partial charge on any atom is -0.498 e. The van der Waals surface area contributed by atoms with Gasteiger partial charge in [0.2, 0.25) is 0 Å². The summed E-state index contributed by atoms with van der Waals surface area (Å²) in [5.74, 6) is 2.47. The molecule has 3 unspecified atom stereocenters. The predicted molar refractivity (Wildman–Crippen MR) is 69.8 cm³/mol. The van der Waals surface area contributed by atoms with Gasteiger partial charge in [0, 0.05) is 5.92 Å². The Labute approximate surface area is 105 Å². The van der Waals surface area contributed by atoms with Crippen LogP contribution < -0.4 is 0 Å². The Morgan fingerprint density at radius 3 is 2.65 bits per heavy atom. The van der Waals surface area contributed by atoms with Crippen LogP contribution in [0.25, 0.3) is 0 Å². The van der Waals surface area contributed by atoms with Crippen molar-refractivity contribution in [3.05, 3.63) is 11.8 Å². The molecule has 0 radical (unpaired) electrons. The van der Waals surface area contributed by atoms with Crippen molar-refractivity contribution in [2.75, 3.05) is 13.2 Å². The summed E-state index contributed by atoms with van der Waals surface area (Å²) >= 11 is 0. The average molecular weight is 238 g/mol. The first-order valence-corrected chi connectivity index (χ1v) is 7.27. The Bertz CT molecular complexity index is 252. The lowest BCUT2D eigenvalue weighted by Gasteiger charge is -2.32. The van der Waals surface area contributed by atoms with Crippen molar-refractivity contribution in [3.63, 3.8) is 0 Å². The maximum absolute atomic E-state index is 5.92. The van der Waals surface area contributed by atoms with E-state index in [0.717, 1.165) is 19.1 Å². The van der Waals surface area contributed by atoms with Gasteiger partial charge in [0.05, 0.1) is 25.1 Å². The highest BCUT2D eigenvalue weighted by atomic mass is 16.5. The van der Waals surface area contributed by atoms with Crippen LogP contribution >= 0.6 is 0 Å². The second-order valence-corrected chi connectivity index (χ2v) is 5.45. The third-order valence-electron chi connectivity index (χ3n) is 4.10. The standard InChI is InChI=1S/C15H26O2/c1-3-5-14-8-7-13(11-16-14)15-9-6-12(4-2)10-17-15/h9,12-14H,3-8,10-11H2,1-2H3. The molecule has 0 saturated carbocycles. The molecule has 17 heavy (non-hydrogen) atoms. The van der Waals surface area contributed by atoms with Gasteiger partial charge in [-0.3, -0.25) is 0 Å². The topological polar surface area (TPSA) is 18.5 Å². The number of hydrogen-bond acceptors (Lipinski definition) is 2. The van der Waals surface area contributed by atoms with Crippen molar-refractivity contribution < 1.29 is 9.47 Å². The molecule has 0 bridgehead atoms. The number of ether oxygens (including phenoxy) is 2. The first-order valence-electron chi connectivity index (χ1n) is 7.27. The van der Waals surface area contributed by atoms with Crippen molar-refractivity contribution >= 4 is 0 Å². The first-order chi connectivity index (χ1) is 8.33. The van der Waals surface area contributed by atoms with Gasteiger partial charge in [-0.25, -0.2) is 0 Å². The zero-order valence-corrected chi connectivity index (χ0v) is 11.3. The molecule has 0 spiro atoms. The second-order valence-electron chi connectivity index (χ2n) is 5.45. The largest absolute Gasteiger partial charge is 0.498 e. The highest BCUT2D eigenvalue weighted by Crippen LogP contribution is 2.31. The zero-order valence-electron chi connectivity index (χ0n) is 11.3. The SMILES string of the molecule is CCCC1CCC(C2=CCC(CC)CO2)CO1. The molecule has 1 saturated heterocycles. The van der Waals surface area contributed by atoms with Gasteiger partial charge in [-0.1, -0.05) is 20.3 Å². The van der Waals surface area contributed by atoms with Gasteiger partial charge in [0.1, 0.15) is 0 Å². The minimum atomic E-state index is 0.504. The molecule has 2 aliphatic heterocycles. The van der Waals surface area contributed by atoms with Gasteiger partial charge in [-0.05, 0) is 44.1 Å². The average Bonchev–Trinajstić information content (AvgIpc) is 2.40. The lowest BCUT2D eigenvalue weighted by Crippen LogP contribution is -2.29. The molecule has 0 aliphatic carbocycles. The van der Waals surface area contributed by atoms with E-state index in [1.54, 1.807) is 0 Å². The van der Waals surface area contributed by atoms with Gasteiger partial charge in [-0.15, -0.1) is 0 Å². The van der Waals surface area contributed by atoms with E-state index >= 15 is 0 Å². The summed E-state index contributed by atoms with van der Waals surface area (Å²) in [6.45, 7) is 6.25. The predicted octanol–water partition coefficient (Wildman–Crippen LogP) is 3.91. The van der Waals surface area contributed by atoms with E-state index in [-0.39, 0.29) is 0 Å². The van der Waals surface area contributed by atoms with Crippen LogP contribution in [0, 0.1) is 11.8 Å². The fourth-order valence-electron chi connectivity index (χ4n) is 2.77. The Morgan fingerprint density at radius 1 is 1.24 bits per heavy atom. The molecule has 0 aromatic heterocycles. The molecular weight excluding hydrogens is 212 g/mol. The van der Waals surface area contributed by atoms with E-state index < -0.39 is 0 Å². The summed E-state index contributed by atoms with van der Waals surface area (Å²) in [6.07, 6.45) is 10.1. The summed E-state index contributed by atoms with van der Waals surface area (Å²) in [7, 11) is 0. The first kappa shape index (κ1) is 12.9. The van der Waals surface area contributed by atoms with Crippen molar-refractivity contribution in [1.29, 1.82) is 0 Å². The normalized spacial score (nSPS) is 34.0. The van der Waals surface area contributed by atoms with Crippen LogP contribution in [0.1, 0.15) is 52.4 Å². The molecule has 3 atom stereocenters. The molecule has 0 N–H and O–H groups in total. The lowest BCUT2D eigenvalue weighted by molar-refractivity contribution is -0.0292. The molecule has 0 aromatic carbocycles. The maximum Gasteiger partial charge on any atom is 0.0974 e. The van der Waals surface area contributed by atoms with Gasteiger partial charge in [0.25, 0.3) is 0 Å². The summed E-state index contributed by atoms with van der Waals surface area (Å²) in [4.78, 5) is 0. The molecule has 2 rings (SSSR count). The molecule has 98 valence electrons. The Hall–Kier alpha value is -0.500. The van der Waals surface area contributed by atoms with Gasteiger partial charge >= 0.3 is 0 Å². The van der Waals surface area contributed by atoms with Crippen LogP contribution in [-0.4, -0.2) is 19.3 Å². The molecule has 0 aromatic rings. The molecule has 0 amide bonds. The van der Waals surface area contributed by atoms with Gasteiger partial charge < -0.3 is 9.47 Å². The van der Waals surface area contributed by atoms with Crippen molar-refractivity contribution in [2.45, 2.75) is 58.5 Å². The molecule has 2 aliphatic rings. The van der Waals surface area contributed by atoms with E-state index in [1.165, 1.54) is 44.3 Å². The Balaban J connectivity index is 1.79. The molecule has 2 heterocycles. The van der Waals surface area contributed by atoms with Crippen LogP contribution in [0.5, 0.6) is 0 Å². The summed E-state index contributed by atoms with van der Waals surface area (Å²) < 4.78 is 11.8. The van der Waals surface area contributed by atoms with E-state index in [2.05, 4.69) is 19.9 Å². The van der Waals surface area contributed by atoms with Gasteiger partial charge in [0.15, 0.2) is 0 Å². The monoisotopic (exact) mass is 238 g/mol. The van der Waals surface area contributed by atoms with E-state index in [4.69, 9.17) is 9.47 Å². The van der Waals surface area contributed by atoms with E-state index in [9.17, 15) is 0 Å².